The zero-order valence-electron chi connectivity index (χ0n) is 12.5. The van der Waals surface area contributed by atoms with Crippen LogP contribution in [0.4, 0.5) is 0 Å². The van der Waals surface area contributed by atoms with Crippen molar-refractivity contribution in [2.24, 2.45) is 0 Å². The van der Waals surface area contributed by atoms with Crippen LogP contribution < -0.4 is 5.32 Å². The predicted octanol–water partition coefficient (Wildman–Crippen LogP) is 1.69. The number of aromatic amines is 1. The lowest BCUT2D eigenvalue weighted by Gasteiger charge is -2.21. The predicted molar refractivity (Wildman–Crippen MR) is 82.9 cm³/mol. The van der Waals surface area contributed by atoms with Crippen LogP contribution in [0.15, 0.2) is 30.5 Å². The first-order valence-electron chi connectivity index (χ1n) is 7.13. The molecule has 0 saturated carbocycles. The maximum atomic E-state index is 11.6. The summed E-state index contributed by atoms with van der Waals surface area (Å²) < 4.78 is 0. The van der Waals surface area contributed by atoms with E-state index in [1.807, 2.05) is 24.4 Å². The fourth-order valence-electron chi connectivity index (χ4n) is 2.39. The van der Waals surface area contributed by atoms with E-state index in [1.165, 1.54) is 17.9 Å². The minimum atomic E-state index is -0.0740. The number of carbonyl (C=O) groups is 2. The van der Waals surface area contributed by atoms with Crippen LogP contribution in [0.2, 0.25) is 0 Å². The van der Waals surface area contributed by atoms with Gasteiger partial charge in [0.25, 0.3) is 0 Å². The molecule has 5 heteroatoms. The average Bonchev–Trinajstić information content (AvgIpc) is 2.85. The van der Waals surface area contributed by atoms with Gasteiger partial charge in [0.2, 0.25) is 11.8 Å². The first kappa shape index (κ1) is 15.1. The van der Waals surface area contributed by atoms with Gasteiger partial charge in [0.05, 0.1) is 0 Å². The summed E-state index contributed by atoms with van der Waals surface area (Å²) in [7, 11) is 0. The van der Waals surface area contributed by atoms with E-state index in [-0.39, 0.29) is 11.8 Å². The van der Waals surface area contributed by atoms with E-state index in [9.17, 15) is 9.59 Å². The Kier molecular flexibility index (Phi) is 4.98. The Balaban J connectivity index is 1.95. The van der Waals surface area contributed by atoms with E-state index in [2.05, 4.69) is 16.4 Å². The molecule has 2 rings (SSSR count). The van der Waals surface area contributed by atoms with Gasteiger partial charge in [-0.2, -0.15) is 0 Å². The van der Waals surface area contributed by atoms with Crippen LogP contribution >= 0.6 is 0 Å². The third-order valence-corrected chi connectivity index (χ3v) is 3.53. The molecule has 0 atom stereocenters. The van der Waals surface area contributed by atoms with Crippen molar-refractivity contribution in [1.82, 2.24) is 15.2 Å². The van der Waals surface area contributed by atoms with Crippen molar-refractivity contribution in [2.75, 3.05) is 19.6 Å². The number of benzene rings is 1. The Morgan fingerprint density at radius 3 is 2.67 bits per heavy atom. The molecule has 0 bridgehead atoms. The number of hydrogen-bond donors (Lipinski definition) is 2. The van der Waals surface area contributed by atoms with Crippen LogP contribution in [0.3, 0.4) is 0 Å². The Labute approximate surface area is 124 Å². The summed E-state index contributed by atoms with van der Waals surface area (Å²) in [5.41, 5.74) is 2.32. The monoisotopic (exact) mass is 287 g/mol. The summed E-state index contributed by atoms with van der Waals surface area (Å²) in [5.74, 6) is -0.0460. The van der Waals surface area contributed by atoms with Crippen molar-refractivity contribution in [3.8, 4) is 0 Å². The van der Waals surface area contributed by atoms with Gasteiger partial charge in [0.1, 0.15) is 0 Å². The Hall–Kier alpha value is -2.30. The van der Waals surface area contributed by atoms with E-state index < -0.39 is 0 Å². The van der Waals surface area contributed by atoms with Gasteiger partial charge in [-0.25, -0.2) is 0 Å². The molecule has 21 heavy (non-hydrogen) atoms. The number of rotatable bonds is 6. The largest absolute Gasteiger partial charge is 0.361 e. The number of nitrogens with one attached hydrogen (secondary N) is 2. The smallest absolute Gasteiger partial charge is 0.219 e. The molecule has 1 aromatic carbocycles. The van der Waals surface area contributed by atoms with Crippen molar-refractivity contribution >= 4 is 22.7 Å². The second kappa shape index (κ2) is 6.92. The summed E-state index contributed by atoms with van der Waals surface area (Å²) in [6.07, 6.45) is 2.79. The second-order valence-corrected chi connectivity index (χ2v) is 5.10. The number of para-hydroxylation sites is 1. The Morgan fingerprint density at radius 1 is 1.19 bits per heavy atom. The lowest BCUT2D eigenvalue weighted by Crippen LogP contribution is -2.38. The molecule has 5 nitrogen and oxygen atoms in total. The third kappa shape index (κ3) is 4.08. The van der Waals surface area contributed by atoms with E-state index in [0.717, 1.165) is 11.9 Å². The second-order valence-electron chi connectivity index (χ2n) is 5.10. The van der Waals surface area contributed by atoms with Crippen molar-refractivity contribution in [2.45, 2.75) is 20.3 Å². The summed E-state index contributed by atoms with van der Waals surface area (Å²) >= 11 is 0. The van der Waals surface area contributed by atoms with Crippen LogP contribution in [-0.4, -0.2) is 41.3 Å². The number of fused-ring (bicyclic) bond motifs is 1. The summed E-state index contributed by atoms with van der Waals surface area (Å²) in [5, 5.41) is 3.91. The topological polar surface area (TPSA) is 65.2 Å². The van der Waals surface area contributed by atoms with Gasteiger partial charge in [-0.1, -0.05) is 18.2 Å². The lowest BCUT2D eigenvalue weighted by molar-refractivity contribution is -0.129. The fraction of sp³-hybridized carbons (Fsp3) is 0.375. The maximum Gasteiger partial charge on any atom is 0.219 e. The van der Waals surface area contributed by atoms with Crippen molar-refractivity contribution in [3.05, 3.63) is 36.0 Å². The van der Waals surface area contributed by atoms with Crippen LogP contribution in [0.5, 0.6) is 0 Å². The Bertz CT molecular complexity index is 633. The lowest BCUT2D eigenvalue weighted by atomic mass is 10.1. The number of hydrogen-bond acceptors (Lipinski definition) is 2. The van der Waals surface area contributed by atoms with Gasteiger partial charge < -0.3 is 15.2 Å². The molecule has 0 aliphatic heterocycles. The number of amides is 2. The number of H-pyrrole nitrogens is 1. The maximum absolute atomic E-state index is 11.6. The number of nitrogens with zero attached hydrogens (tertiary/aromatic N) is 1. The molecule has 0 aliphatic carbocycles. The minimum Gasteiger partial charge on any atom is -0.361 e. The first-order valence-corrected chi connectivity index (χ1v) is 7.13. The highest BCUT2D eigenvalue weighted by Gasteiger charge is 2.10. The molecule has 0 aliphatic rings. The molecule has 2 N–H and O–H groups in total. The normalized spacial score (nSPS) is 10.6. The molecule has 2 amide bonds. The molecule has 2 aromatic rings. The average molecular weight is 287 g/mol. The molecular formula is C16H21N3O2. The van der Waals surface area contributed by atoms with Gasteiger partial charge in [-0.3, -0.25) is 9.59 Å². The van der Waals surface area contributed by atoms with Crippen molar-refractivity contribution in [1.29, 1.82) is 0 Å². The van der Waals surface area contributed by atoms with Gasteiger partial charge in [0.15, 0.2) is 0 Å². The summed E-state index contributed by atoms with van der Waals surface area (Å²) in [6, 6.07) is 8.13. The van der Waals surface area contributed by atoms with Gasteiger partial charge in [-0.15, -0.1) is 0 Å². The summed E-state index contributed by atoms with van der Waals surface area (Å²) in [4.78, 5) is 27.5. The molecule has 0 spiro atoms. The van der Waals surface area contributed by atoms with Crippen LogP contribution in [0.25, 0.3) is 10.9 Å². The molecule has 0 saturated heterocycles. The molecule has 112 valence electrons. The quantitative estimate of drug-likeness (QED) is 0.849. The van der Waals surface area contributed by atoms with E-state index >= 15 is 0 Å². The van der Waals surface area contributed by atoms with E-state index in [0.29, 0.717) is 19.6 Å². The molecule has 0 unspecified atom stereocenters. The highest BCUT2D eigenvalue weighted by Crippen LogP contribution is 2.18. The standard InChI is InChI=1S/C16H21N3O2/c1-12(20)17-8-10-19(13(2)21)9-7-14-11-18-16-6-4-3-5-15(14)16/h3-6,11,18H,7-10H2,1-2H3,(H,17,20). The molecule has 0 fully saturated rings. The SMILES string of the molecule is CC(=O)NCCN(CCc1c[nH]c2ccccc12)C(C)=O. The van der Waals surface area contributed by atoms with Gasteiger partial charge in [0, 0.05) is 50.6 Å². The molecule has 1 heterocycles. The van der Waals surface area contributed by atoms with Crippen LogP contribution in [0, 0.1) is 0 Å². The Morgan fingerprint density at radius 2 is 1.95 bits per heavy atom. The van der Waals surface area contributed by atoms with E-state index in [4.69, 9.17) is 0 Å². The number of aromatic nitrogens is 1. The minimum absolute atomic E-state index is 0.0280. The highest BCUT2D eigenvalue weighted by molar-refractivity contribution is 5.83. The van der Waals surface area contributed by atoms with E-state index in [1.54, 1.807) is 11.8 Å². The van der Waals surface area contributed by atoms with Gasteiger partial charge >= 0.3 is 0 Å². The molecule has 0 radical (unpaired) electrons. The molecular weight excluding hydrogens is 266 g/mol. The van der Waals surface area contributed by atoms with Gasteiger partial charge in [-0.05, 0) is 18.1 Å². The number of carbonyl (C=O) groups excluding carboxylic acids is 2. The van der Waals surface area contributed by atoms with Crippen LogP contribution in [-0.2, 0) is 16.0 Å². The van der Waals surface area contributed by atoms with Crippen molar-refractivity contribution < 1.29 is 9.59 Å². The van der Waals surface area contributed by atoms with Crippen LogP contribution in [0.1, 0.15) is 19.4 Å². The zero-order valence-corrected chi connectivity index (χ0v) is 12.5. The third-order valence-electron chi connectivity index (χ3n) is 3.53. The zero-order chi connectivity index (χ0) is 15.2. The fourth-order valence-corrected chi connectivity index (χ4v) is 2.39. The first-order chi connectivity index (χ1) is 10.1. The highest BCUT2D eigenvalue weighted by atomic mass is 16.2. The molecule has 1 aromatic heterocycles. The van der Waals surface area contributed by atoms with Crippen molar-refractivity contribution in [3.63, 3.8) is 0 Å². The summed E-state index contributed by atoms with van der Waals surface area (Å²) in [6.45, 7) is 4.71.